The first-order valence-corrected chi connectivity index (χ1v) is 11.9. The van der Waals surface area contributed by atoms with Gasteiger partial charge in [0, 0.05) is 35.4 Å². The highest BCUT2D eigenvalue weighted by atomic mass is 35.5. The third-order valence-corrected chi connectivity index (χ3v) is 7.35. The molecule has 0 aliphatic carbocycles. The monoisotopic (exact) mass is 459 g/mol. The first-order valence-electron chi connectivity index (χ1n) is 10.1. The molecule has 1 N–H and O–H groups in total. The van der Waals surface area contributed by atoms with Gasteiger partial charge in [0.25, 0.3) is 5.91 Å². The minimum Gasteiger partial charge on any atom is -0.355 e. The summed E-state index contributed by atoms with van der Waals surface area (Å²) in [6.07, 6.45) is 3.86. The van der Waals surface area contributed by atoms with Gasteiger partial charge in [-0.3, -0.25) is 4.79 Å². The van der Waals surface area contributed by atoms with Gasteiger partial charge in [0.15, 0.2) is 11.5 Å². The summed E-state index contributed by atoms with van der Waals surface area (Å²) in [7, 11) is -3.53. The fourth-order valence-corrected chi connectivity index (χ4v) is 5.11. The number of hydrogen-bond donors (Lipinski definition) is 1. The van der Waals surface area contributed by atoms with Crippen molar-refractivity contribution >= 4 is 33.2 Å². The third kappa shape index (κ3) is 4.98. The molecule has 2 heterocycles. The molecule has 0 unspecified atom stereocenters. The minimum atomic E-state index is -3.53. The smallest absolute Gasteiger partial charge is 0.277 e. The van der Waals surface area contributed by atoms with E-state index in [1.165, 1.54) is 18.2 Å². The van der Waals surface area contributed by atoms with Crippen LogP contribution in [0.1, 0.15) is 36.2 Å². The molecule has 4 rings (SSSR count). The van der Waals surface area contributed by atoms with Crippen LogP contribution in [0.3, 0.4) is 0 Å². The molecule has 0 atom stereocenters. The van der Waals surface area contributed by atoms with Crippen LogP contribution >= 0.6 is 11.6 Å². The second kappa shape index (κ2) is 9.21. The van der Waals surface area contributed by atoms with Crippen LogP contribution < -0.4 is 5.32 Å². The van der Waals surface area contributed by atoms with E-state index in [1.54, 1.807) is 40.7 Å². The molecule has 1 aromatic heterocycles. The average molecular weight is 460 g/mol. The number of benzene rings is 2. The number of rotatable bonds is 5. The average Bonchev–Trinajstić information content (AvgIpc) is 3.09. The first kappa shape index (κ1) is 21.5. The maximum atomic E-state index is 12.9. The lowest BCUT2D eigenvalue weighted by Gasteiger charge is -2.20. The van der Waals surface area contributed by atoms with Gasteiger partial charge in [0.05, 0.1) is 4.90 Å². The van der Waals surface area contributed by atoms with Crippen LogP contribution in [0.15, 0.2) is 64.0 Å². The van der Waals surface area contributed by atoms with Crippen LogP contribution in [0.4, 0.5) is 5.69 Å². The van der Waals surface area contributed by atoms with E-state index < -0.39 is 15.9 Å². The molecule has 0 radical (unpaired) electrons. The topological polar surface area (TPSA) is 92.5 Å². The van der Waals surface area contributed by atoms with Gasteiger partial charge in [0.2, 0.25) is 10.0 Å². The number of carbonyl (C=O) groups excluding carboxylic acids is 1. The molecule has 0 spiro atoms. The number of hydrogen-bond acceptors (Lipinski definition) is 5. The largest absolute Gasteiger partial charge is 0.355 e. The number of sulfonamides is 1. The van der Waals surface area contributed by atoms with Gasteiger partial charge >= 0.3 is 0 Å². The molecule has 3 aromatic rings. The SMILES string of the molecule is O=C(Nc1ccc(S(=O)(=O)N2CCCCCC2)cc1)c1cc(-c2ccc(Cl)cc2)on1. The molecular weight excluding hydrogens is 438 g/mol. The molecule has 7 nitrogen and oxygen atoms in total. The molecule has 1 aliphatic heterocycles. The number of halogens is 1. The Kier molecular flexibility index (Phi) is 6.41. The maximum Gasteiger partial charge on any atom is 0.277 e. The highest BCUT2D eigenvalue weighted by Crippen LogP contribution is 2.24. The van der Waals surface area contributed by atoms with Crippen molar-refractivity contribution in [1.82, 2.24) is 9.46 Å². The van der Waals surface area contributed by atoms with E-state index in [2.05, 4.69) is 10.5 Å². The fraction of sp³-hybridized carbons (Fsp3) is 0.273. The summed E-state index contributed by atoms with van der Waals surface area (Å²) >= 11 is 5.88. The Balaban J connectivity index is 1.44. The highest BCUT2D eigenvalue weighted by Gasteiger charge is 2.25. The Labute approximate surface area is 186 Å². The van der Waals surface area contributed by atoms with E-state index in [0.29, 0.717) is 29.6 Å². The predicted octanol–water partition coefficient (Wildman–Crippen LogP) is 4.81. The van der Waals surface area contributed by atoms with Gasteiger partial charge in [-0.25, -0.2) is 8.42 Å². The molecule has 2 aromatic carbocycles. The third-order valence-electron chi connectivity index (χ3n) is 5.19. The van der Waals surface area contributed by atoms with Crippen LogP contribution in [0.2, 0.25) is 5.02 Å². The standard InChI is InChI=1S/C22H22ClN3O4S/c23-17-7-5-16(6-8-17)21-15-20(25-30-21)22(27)24-18-9-11-19(12-10-18)31(28,29)26-13-3-1-2-4-14-26/h5-12,15H,1-4,13-14H2,(H,24,27). The molecule has 9 heteroatoms. The molecule has 0 saturated carbocycles. The molecular formula is C22H22ClN3O4S. The molecule has 1 saturated heterocycles. The summed E-state index contributed by atoms with van der Waals surface area (Å²) in [4.78, 5) is 12.7. The second-order valence-corrected chi connectivity index (χ2v) is 9.75. The summed E-state index contributed by atoms with van der Waals surface area (Å²) in [5, 5.41) is 7.12. The van der Waals surface area contributed by atoms with Gasteiger partial charge in [0.1, 0.15) is 0 Å². The first-order chi connectivity index (χ1) is 14.9. The van der Waals surface area contributed by atoms with Crippen LogP contribution in [0.25, 0.3) is 11.3 Å². The Morgan fingerprint density at radius 3 is 2.26 bits per heavy atom. The Bertz CT molecular complexity index is 1150. The number of aromatic nitrogens is 1. The molecule has 0 bridgehead atoms. The van der Waals surface area contributed by atoms with Gasteiger partial charge in [-0.05, 0) is 61.4 Å². The zero-order valence-electron chi connectivity index (χ0n) is 16.8. The van der Waals surface area contributed by atoms with Crippen molar-refractivity contribution in [1.29, 1.82) is 0 Å². The number of carbonyl (C=O) groups is 1. The van der Waals surface area contributed by atoms with Crippen LogP contribution in [-0.2, 0) is 10.0 Å². The Morgan fingerprint density at radius 2 is 1.61 bits per heavy atom. The van der Waals surface area contributed by atoms with Crippen molar-refractivity contribution in [2.24, 2.45) is 0 Å². The highest BCUT2D eigenvalue weighted by molar-refractivity contribution is 7.89. The van der Waals surface area contributed by atoms with Crippen LogP contribution in [0.5, 0.6) is 0 Å². The van der Waals surface area contributed by atoms with E-state index >= 15 is 0 Å². The lowest BCUT2D eigenvalue weighted by molar-refractivity contribution is 0.101. The molecule has 1 aliphatic rings. The zero-order valence-corrected chi connectivity index (χ0v) is 18.3. The van der Waals surface area contributed by atoms with Gasteiger partial charge in [-0.2, -0.15) is 4.31 Å². The van der Waals surface area contributed by atoms with Crippen molar-refractivity contribution in [2.45, 2.75) is 30.6 Å². The van der Waals surface area contributed by atoms with E-state index in [1.807, 2.05) is 0 Å². The Hall–Kier alpha value is -2.68. The van der Waals surface area contributed by atoms with Crippen LogP contribution in [0, 0.1) is 0 Å². The van der Waals surface area contributed by atoms with E-state index in [0.717, 1.165) is 31.2 Å². The minimum absolute atomic E-state index is 0.117. The normalized spacial score (nSPS) is 15.4. The molecule has 1 fully saturated rings. The molecule has 162 valence electrons. The van der Waals surface area contributed by atoms with Crippen LogP contribution in [-0.4, -0.2) is 36.9 Å². The van der Waals surface area contributed by atoms with Crippen molar-refractivity contribution in [3.05, 3.63) is 65.3 Å². The molecule has 31 heavy (non-hydrogen) atoms. The summed E-state index contributed by atoms with van der Waals surface area (Å²) in [6.45, 7) is 1.09. The van der Waals surface area contributed by atoms with Gasteiger partial charge in [-0.15, -0.1) is 0 Å². The van der Waals surface area contributed by atoms with Crippen molar-refractivity contribution in [3.8, 4) is 11.3 Å². The van der Waals surface area contributed by atoms with E-state index in [9.17, 15) is 13.2 Å². The summed E-state index contributed by atoms with van der Waals surface area (Å²) in [6, 6.07) is 14.7. The van der Waals surface area contributed by atoms with Gasteiger partial charge in [-0.1, -0.05) is 29.6 Å². The Morgan fingerprint density at radius 1 is 0.968 bits per heavy atom. The van der Waals surface area contributed by atoms with Crippen molar-refractivity contribution in [2.75, 3.05) is 18.4 Å². The summed E-state index contributed by atoms with van der Waals surface area (Å²) in [5.41, 5.74) is 1.33. The maximum absolute atomic E-state index is 12.9. The number of nitrogens with zero attached hydrogens (tertiary/aromatic N) is 2. The number of amides is 1. The van der Waals surface area contributed by atoms with E-state index in [4.69, 9.17) is 16.1 Å². The fourth-order valence-electron chi connectivity index (χ4n) is 3.47. The number of nitrogens with one attached hydrogen (secondary N) is 1. The second-order valence-electron chi connectivity index (χ2n) is 7.38. The number of anilines is 1. The quantitative estimate of drug-likeness (QED) is 0.590. The van der Waals surface area contributed by atoms with Crippen molar-refractivity contribution < 1.29 is 17.7 Å². The van der Waals surface area contributed by atoms with Gasteiger partial charge < -0.3 is 9.84 Å². The predicted molar refractivity (Wildman–Crippen MR) is 119 cm³/mol. The summed E-state index contributed by atoms with van der Waals surface area (Å²) < 4.78 is 32.5. The zero-order chi connectivity index (χ0) is 21.8. The lowest BCUT2D eigenvalue weighted by atomic mass is 10.1. The van der Waals surface area contributed by atoms with E-state index in [-0.39, 0.29) is 10.6 Å². The van der Waals surface area contributed by atoms with Crippen molar-refractivity contribution in [3.63, 3.8) is 0 Å². The lowest BCUT2D eigenvalue weighted by Crippen LogP contribution is -2.31. The summed E-state index contributed by atoms with van der Waals surface area (Å²) in [5.74, 6) is -0.00667. The molecule has 1 amide bonds.